The molecule has 192 valence electrons. The molecule has 36 heavy (non-hydrogen) atoms. The van der Waals surface area contributed by atoms with E-state index in [9.17, 15) is 19.5 Å². The number of Topliss-reactive ketones (excluding diaryl/α,β-unsaturated/α-hetero) is 1. The van der Waals surface area contributed by atoms with Gasteiger partial charge < -0.3 is 26.8 Å². The van der Waals surface area contributed by atoms with Crippen LogP contribution in [0.5, 0.6) is 5.75 Å². The number of nitrogens with two attached hydrogens (primary N) is 1. The number of benzene rings is 2. The molecule has 0 spiro atoms. The normalized spacial score (nSPS) is 15.8. The Morgan fingerprint density at radius 1 is 1.08 bits per heavy atom. The van der Waals surface area contributed by atoms with Crippen molar-refractivity contribution in [2.75, 3.05) is 39.3 Å². The number of hydrogen-bond acceptors (Lipinski definition) is 7. The fourth-order valence-corrected chi connectivity index (χ4v) is 3.90. The number of carbonyl (C=O) groups excluding carboxylic acids is 3. The molecule has 1 aliphatic rings. The standard InChI is InChI=1S/C27H35N5O4/c1-19(31-27(36)24(28)17-20-8-10-22(33)11-9-20)26(35)30-18-25(34)23-7-3-2-5-21(23)6-4-14-32-15-12-29-13-16-32/h2-11,19,24,29,33H,12-18,28H2,1H3,(H,30,35)(H,31,36)/b6-4+/t19-,24?/m1/s1. The van der Waals surface area contributed by atoms with Crippen LogP contribution in [-0.4, -0.2) is 79.0 Å². The van der Waals surface area contributed by atoms with Gasteiger partial charge in [0.25, 0.3) is 0 Å². The van der Waals surface area contributed by atoms with Crippen molar-refractivity contribution in [1.29, 1.82) is 0 Å². The van der Waals surface area contributed by atoms with E-state index in [0.29, 0.717) is 5.56 Å². The monoisotopic (exact) mass is 493 g/mol. The third-order valence-electron chi connectivity index (χ3n) is 6.04. The van der Waals surface area contributed by atoms with Crippen molar-refractivity contribution in [3.05, 3.63) is 71.3 Å². The average Bonchev–Trinajstić information content (AvgIpc) is 2.89. The zero-order valence-corrected chi connectivity index (χ0v) is 20.6. The van der Waals surface area contributed by atoms with Gasteiger partial charge in [-0.1, -0.05) is 48.6 Å². The van der Waals surface area contributed by atoms with Gasteiger partial charge in [-0.05, 0) is 36.6 Å². The molecule has 9 heteroatoms. The van der Waals surface area contributed by atoms with Gasteiger partial charge in [-0.15, -0.1) is 0 Å². The Kier molecular flexibility index (Phi) is 10.2. The SMILES string of the molecule is C[C@@H](NC(=O)C(N)Cc1ccc(O)cc1)C(=O)NCC(=O)c1ccccc1/C=C/CN1CCNCC1. The van der Waals surface area contributed by atoms with Gasteiger partial charge in [0.2, 0.25) is 11.8 Å². The third-order valence-corrected chi connectivity index (χ3v) is 6.04. The molecule has 1 aliphatic heterocycles. The lowest BCUT2D eigenvalue weighted by Gasteiger charge is -2.25. The highest BCUT2D eigenvalue weighted by Crippen LogP contribution is 2.12. The number of carbonyl (C=O) groups is 3. The second-order valence-corrected chi connectivity index (χ2v) is 8.89. The highest BCUT2D eigenvalue weighted by atomic mass is 16.3. The quantitative estimate of drug-likeness (QED) is 0.291. The zero-order chi connectivity index (χ0) is 25.9. The molecular formula is C27H35N5O4. The Morgan fingerprint density at radius 2 is 1.78 bits per heavy atom. The largest absolute Gasteiger partial charge is 0.508 e. The van der Waals surface area contributed by atoms with Crippen LogP contribution in [0, 0.1) is 0 Å². The lowest BCUT2D eigenvalue weighted by molar-refractivity contribution is -0.129. The predicted molar refractivity (Wildman–Crippen MR) is 140 cm³/mol. The van der Waals surface area contributed by atoms with E-state index in [1.54, 1.807) is 24.3 Å². The summed E-state index contributed by atoms with van der Waals surface area (Å²) in [4.78, 5) is 40.1. The van der Waals surface area contributed by atoms with Gasteiger partial charge in [0, 0.05) is 38.3 Å². The van der Waals surface area contributed by atoms with Gasteiger partial charge in [0.05, 0.1) is 12.6 Å². The molecule has 1 unspecified atom stereocenters. The van der Waals surface area contributed by atoms with E-state index in [-0.39, 0.29) is 24.5 Å². The van der Waals surface area contributed by atoms with Gasteiger partial charge in [0.1, 0.15) is 11.8 Å². The number of aromatic hydroxyl groups is 1. The van der Waals surface area contributed by atoms with E-state index in [2.05, 4.69) is 26.9 Å². The first-order chi connectivity index (χ1) is 17.3. The molecule has 0 bridgehead atoms. The molecule has 2 amide bonds. The number of nitrogens with one attached hydrogen (secondary N) is 3. The summed E-state index contributed by atoms with van der Waals surface area (Å²) in [6, 6.07) is 12.0. The Bertz CT molecular complexity index is 1060. The van der Waals surface area contributed by atoms with Crippen LogP contribution in [-0.2, 0) is 16.0 Å². The number of rotatable bonds is 11. The van der Waals surface area contributed by atoms with E-state index in [0.717, 1.165) is 43.9 Å². The van der Waals surface area contributed by atoms with Crippen LogP contribution in [0.4, 0.5) is 0 Å². The highest BCUT2D eigenvalue weighted by molar-refractivity contribution is 6.02. The Balaban J connectivity index is 1.47. The summed E-state index contributed by atoms with van der Waals surface area (Å²) >= 11 is 0. The number of amides is 2. The second-order valence-electron chi connectivity index (χ2n) is 8.89. The third kappa shape index (κ3) is 8.30. The number of ketones is 1. The van der Waals surface area contributed by atoms with Gasteiger partial charge in [-0.3, -0.25) is 19.3 Å². The van der Waals surface area contributed by atoms with Crippen molar-refractivity contribution in [2.24, 2.45) is 5.73 Å². The maximum atomic E-state index is 12.8. The molecule has 1 saturated heterocycles. The number of hydrogen-bond donors (Lipinski definition) is 5. The molecule has 3 rings (SSSR count). The van der Waals surface area contributed by atoms with Crippen LogP contribution in [0.3, 0.4) is 0 Å². The number of nitrogens with zero attached hydrogens (tertiary/aromatic N) is 1. The smallest absolute Gasteiger partial charge is 0.242 e. The Labute approximate surface area is 211 Å². The summed E-state index contributed by atoms with van der Waals surface area (Å²) in [6.07, 6.45) is 4.25. The summed E-state index contributed by atoms with van der Waals surface area (Å²) in [7, 11) is 0. The second kappa shape index (κ2) is 13.5. The van der Waals surface area contributed by atoms with Crippen molar-refractivity contribution < 1.29 is 19.5 Å². The number of phenols is 1. The summed E-state index contributed by atoms with van der Waals surface area (Å²) in [5.41, 5.74) is 8.08. The van der Waals surface area contributed by atoms with Crippen molar-refractivity contribution in [1.82, 2.24) is 20.9 Å². The molecule has 0 aliphatic carbocycles. The first-order valence-electron chi connectivity index (χ1n) is 12.2. The molecular weight excluding hydrogens is 458 g/mol. The van der Waals surface area contributed by atoms with Crippen molar-refractivity contribution in [3.8, 4) is 5.75 Å². The maximum absolute atomic E-state index is 12.8. The van der Waals surface area contributed by atoms with Crippen molar-refractivity contribution in [3.63, 3.8) is 0 Å². The lowest BCUT2D eigenvalue weighted by Crippen LogP contribution is -2.51. The van der Waals surface area contributed by atoms with Gasteiger partial charge >= 0.3 is 0 Å². The molecule has 9 nitrogen and oxygen atoms in total. The number of phenolic OH excluding ortho intramolecular Hbond substituents is 1. The molecule has 2 atom stereocenters. The zero-order valence-electron chi connectivity index (χ0n) is 20.6. The summed E-state index contributed by atoms with van der Waals surface area (Å²) in [6.45, 7) is 6.12. The number of piperazine rings is 1. The lowest BCUT2D eigenvalue weighted by atomic mass is 10.0. The molecule has 0 radical (unpaired) electrons. The molecule has 0 aromatic heterocycles. The topological polar surface area (TPSA) is 137 Å². The predicted octanol–water partition coefficient (Wildman–Crippen LogP) is 0.684. The van der Waals surface area contributed by atoms with E-state index in [1.165, 1.54) is 19.1 Å². The molecule has 2 aromatic rings. The Morgan fingerprint density at radius 3 is 2.50 bits per heavy atom. The van der Waals surface area contributed by atoms with E-state index in [4.69, 9.17) is 5.73 Å². The minimum Gasteiger partial charge on any atom is -0.508 e. The molecule has 0 saturated carbocycles. The molecule has 1 fully saturated rings. The fourth-order valence-electron chi connectivity index (χ4n) is 3.90. The van der Waals surface area contributed by atoms with Crippen LogP contribution in [0.1, 0.15) is 28.4 Å². The first kappa shape index (κ1) is 27.1. The maximum Gasteiger partial charge on any atom is 0.242 e. The van der Waals surface area contributed by atoms with Crippen LogP contribution in [0.2, 0.25) is 0 Å². The van der Waals surface area contributed by atoms with Crippen molar-refractivity contribution in [2.45, 2.75) is 25.4 Å². The van der Waals surface area contributed by atoms with E-state index in [1.807, 2.05) is 18.2 Å². The molecule has 2 aromatic carbocycles. The average molecular weight is 494 g/mol. The molecule has 6 N–H and O–H groups in total. The Hall–Kier alpha value is -3.53. The van der Waals surface area contributed by atoms with E-state index < -0.39 is 23.9 Å². The van der Waals surface area contributed by atoms with E-state index >= 15 is 0 Å². The van der Waals surface area contributed by atoms with Crippen LogP contribution in [0.15, 0.2) is 54.6 Å². The minimum atomic E-state index is -0.856. The van der Waals surface area contributed by atoms with Crippen LogP contribution >= 0.6 is 0 Å². The van der Waals surface area contributed by atoms with Gasteiger partial charge in [-0.2, -0.15) is 0 Å². The summed E-state index contributed by atoms with van der Waals surface area (Å²) in [5, 5.41) is 17.9. The minimum absolute atomic E-state index is 0.130. The summed E-state index contributed by atoms with van der Waals surface area (Å²) in [5.74, 6) is -1.03. The van der Waals surface area contributed by atoms with Gasteiger partial charge in [-0.25, -0.2) is 0 Å². The van der Waals surface area contributed by atoms with Crippen LogP contribution < -0.4 is 21.7 Å². The highest BCUT2D eigenvalue weighted by Gasteiger charge is 2.21. The summed E-state index contributed by atoms with van der Waals surface area (Å²) < 4.78 is 0. The molecule has 1 heterocycles. The first-order valence-corrected chi connectivity index (χ1v) is 12.2. The van der Waals surface area contributed by atoms with Gasteiger partial charge in [0.15, 0.2) is 5.78 Å². The van der Waals surface area contributed by atoms with Crippen LogP contribution in [0.25, 0.3) is 6.08 Å². The van der Waals surface area contributed by atoms with Crippen molar-refractivity contribution >= 4 is 23.7 Å². The fraction of sp³-hybridized carbons (Fsp3) is 0.370.